The van der Waals surface area contributed by atoms with Gasteiger partial charge in [0.2, 0.25) is 0 Å². The summed E-state index contributed by atoms with van der Waals surface area (Å²) in [5, 5.41) is 27.8. The molecule has 9 heteroatoms. The van der Waals surface area contributed by atoms with Crippen LogP contribution in [0.5, 0.6) is 0 Å². The SMILES string of the molecule is O=C(O)COC(C(=O)[O-])C(=O)[O-].[K+].[K+]. The minimum absolute atomic E-state index is 0. The van der Waals surface area contributed by atoms with Crippen molar-refractivity contribution in [3.8, 4) is 0 Å². The minimum atomic E-state index is -2.35. The second kappa shape index (κ2) is 11.1. The van der Waals surface area contributed by atoms with Gasteiger partial charge >= 0.3 is 109 Å². The molecule has 0 bridgehead atoms. The molecule has 1 N–H and O–H groups in total. The predicted octanol–water partition coefficient (Wildman–Crippen LogP) is -10.0. The van der Waals surface area contributed by atoms with Crippen molar-refractivity contribution in [1.29, 1.82) is 0 Å². The van der Waals surface area contributed by atoms with Crippen LogP contribution in [0, 0.1) is 0 Å². The normalized spacial score (nSPS) is 8.36. The van der Waals surface area contributed by atoms with Crippen LogP contribution in [0.2, 0.25) is 0 Å². The Hall–Kier alpha value is 1.64. The Labute approximate surface area is 164 Å². The van der Waals surface area contributed by atoms with Gasteiger partial charge in [-0.05, 0) is 0 Å². The molecule has 0 fully saturated rings. The standard InChI is InChI=1S/C5H6O7.2K/c6-2(7)1-12-3(4(8)9)5(10)11;;/h3H,1H2,(H,6,7)(H,8,9)(H,10,11);;/q;2*+1/p-2. The number of hydrogen-bond donors (Lipinski definition) is 1. The molecule has 7 nitrogen and oxygen atoms in total. The van der Waals surface area contributed by atoms with E-state index in [2.05, 4.69) is 4.74 Å². The fourth-order valence-electron chi connectivity index (χ4n) is 0.387. The maximum absolute atomic E-state index is 9.90. The first kappa shape index (κ1) is 21.0. The van der Waals surface area contributed by atoms with E-state index in [-0.39, 0.29) is 103 Å². The molecule has 0 aromatic carbocycles. The largest absolute Gasteiger partial charge is 1.00 e. The van der Waals surface area contributed by atoms with Crippen molar-refractivity contribution < 1.29 is 137 Å². The van der Waals surface area contributed by atoms with E-state index in [0.717, 1.165) is 0 Å². The molecule has 0 spiro atoms. The van der Waals surface area contributed by atoms with Gasteiger partial charge in [0.1, 0.15) is 12.7 Å². The number of carboxylic acids is 3. The Balaban J connectivity index is -0.000000605. The maximum Gasteiger partial charge on any atom is 1.00 e. The van der Waals surface area contributed by atoms with Gasteiger partial charge in [-0.25, -0.2) is 4.79 Å². The second-order valence-electron chi connectivity index (χ2n) is 1.72. The Morgan fingerprint density at radius 2 is 1.50 bits per heavy atom. The first-order valence-electron chi connectivity index (χ1n) is 2.70. The van der Waals surface area contributed by atoms with Crippen LogP contribution in [0.15, 0.2) is 0 Å². The van der Waals surface area contributed by atoms with Crippen molar-refractivity contribution >= 4 is 17.9 Å². The third-order valence-electron chi connectivity index (χ3n) is 0.802. The van der Waals surface area contributed by atoms with Gasteiger partial charge in [-0.15, -0.1) is 0 Å². The van der Waals surface area contributed by atoms with Crippen molar-refractivity contribution in [2.24, 2.45) is 0 Å². The summed E-state index contributed by atoms with van der Waals surface area (Å²) < 4.78 is 3.90. The predicted molar refractivity (Wildman–Crippen MR) is 27.4 cm³/mol. The van der Waals surface area contributed by atoms with E-state index in [4.69, 9.17) is 5.11 Å². The fourth-order valence-corrected chi connectivity index (χ4v) is 0.387. The van der Waals surface area contributed by atoms with Crippen molar-refractivity contribution in [1.82, 2.24) is 0 Å². The van der Waals surface area contributed by atoms with Crippen molar-refractivity contribution in [3.63, 3.8) is 0 Å². The molecule has 0 rings (SSSR count). The van der Waals surface area contributed by atoms with Gasteiger partial charge in [-0.3, -0.25) is 0 Å². The number of aliphatic carboxylic acids is 3. The monoisotopic (exact) mass is 254 g/mol. The molecule has 68 valence electrons. The summed E-state index contributed by atoms with van der Waals surface area (Å²) in [5.74, 6) is -5.57. The van der Waals surface area contributed by atoms with Gasteiger partial charge in [-0.2, -0.15) is 0 Å². The Morgan fingerprint density at radius 1 is 1.14 bits per heavy atom. The third-order valence-corrected chi connectivity index (χ3v) is 0.802. The molecule has 0 aliphatic heterocycles. The van der Waals surface area contributed by atoms with E-state index in [1.807, 2.05) is 0 Å². The number of carbonyl (C=O) groups excluding carboxylic acids is 2. The molecule has 0 aliphatic rings. The number of carbonyl (C=O) groups is 3. The summed E-state index contributed by atoms with van der Waals surface area (Å²) >= 11 is 0. The molecule has 0 atom stereocenters. The van der Waals surface area contributed by atoms with E-state index in [0.29, 0.717) is 0 Å². The molecule has 0 saturated carbocycles. The quantitative estimate of drug-likeness (QED) is 0.381. The van der Waals surface area contributed by atoms with E-state index < -0.39 is 30.6 Å². The van der Waals surface area contributed by atoms with Crippen molar-refractivity contribution in [3.05, 3.63) is 0 Å². The summed E-state index contributed by atoms with van der Waals surface area (Å²) in [5.41, 5.74) is 0. The maximum atomic E-state index is 9.90. The van der Waals surface area contributed by atoms with Crippen LogP contribution in [-0.2, 0) is 19.1 Å². The summed E-state index contributed by atoms with van der Waals surface area (Å²) in [4.78, 5) is 29.6. The van der Waals surface area contributed by atoms with E-state index in [1.165, 1.54) is 0 Å². The van der Waals surface area contributed by atoms with Crippen LogP contribution >= 0.6 is 0 Å². The Kier molecular flexibility index (Phi) is 16.7. The third kappa shape index (κ3) is 10.2. The number of rotatable bonds is 5. The average molecular weight is 254 g/mol. The second-order valence-corrected chi connectivity index (χ2v) is 1.72. The zero-order chi connectivity index (χ0) is 9.72. The molecule has 0 aromatic rings. The molecule has 0 aromatic heterocycles. The number of carboxylic acid groups (broad SMARTS) is 3. The van der Waals surface area contributed by atoms with Crippen molar-refractivity contribution in [2.75, 3.05) is 6.61 Å². The molecule has 0 radical (unpaired) electrons. The van der Waals surface area contributed by atoms with E-state index >= 15 is 0 Å². The van der Waals surface area contributed by atoms with E-state index in [9.17, 15) is 24.6 Å². The Bertz CT molecular complexity index is 202. The van der Waals surface area contributed by atoms with Crippen LogP contribution in [0.4, 0.5) is 0 Å². The molecule has 14 heavy (non-hydrogen) atoms. The summed E-state index contributed by atoms with van der Waals surface area (Å²) in [6.45, 7) is -1.04. The van der Waals surface area contributed by atoms with Crippen LogP contribution < -0.4 is 113 Å². The van der Waals surface area contributed by atoms with Crippen LogP contribution in [-0.4, -0.2) is 35.7 Å². The van der Waals surface area contributed by atoms with Gasteiger partial charge in [-0.1, -0.05) is 0 Å². The zero-order valence-corrected chi connectivity index (χ0v) is 13.9. The molecule has 0 unspecified atom stereocenters. The molecule has 0 amide bonds. The van der Waals surface area contributed by atoms with Crippen LogP contribution in [0.25, 0.3) is 0 Å². The van der Waals surface area contributed by atoms with Gasteiger partial charge in [0, 0.05) is 0 Å². The number of ether oxygens (including phenoxy) is 1. The molecular formula is C5H4K2O7. The smallest absolute Gasteiger partial charge is 0.547 e. The first-order chi connectivity index (χ1) is 5.45. The van der Waals surface area contributed by atoms with Gasteiger partial charge in [0.15, 0.2) is 0 Å². The topological polar surface area (TPSA) is 127 Å². The summed E-state index contributed by atoms with van der Waals surface area (Å²) in [6, 6.07) is 0. The Morgan fingerprint density at radius 3 is 1.71 bits per heavy atom. The molecule has 0 aliphatic carbocycles. The summed E-state index contributed by atoms with van der Waals surface area (Å²) in [6.07, 6.45) is -2.35. The fraction of sp³-hybridized carbons (Fsp3) is 0.400. The van der Waals surface area contributed by atoms with Gasteiger partial charge < -0.3 is 29.6 Å². The van der Waals surface area contributed by atoms with Gasteiger partial charge in [0.05, 0.1) is 11.9 Å². The van der Waals surface area contributed by atoms with Crippen LogP contribution in [0.3, 0.4) is 0 Å². The number of hydrogen-bond acceptors (Lipinski definition) is 6. The first-order valence-corrected chi connectivity index (χ1v) is 2.70. The molecular weight excluding hydrogens is 250 g/mol. The van der Waals surface area contributed by atoms with Gasteiger partial charge in [0.25, 0.3) is 0 Å². The molecule has 0 heterocycles. The van der Waals surface area contributed by atoms with Crippen molar-refractivity contribution in [2.45, 2.75) is 6.10 Å². The average Bonchev–Trinajstić information content (AvgIpc) is 1.84. The van der Waals surface area contributed by atoms with Crippen LogP contribution in [0.1, 0.15) is 0 Å². The zero-order valence-electron chi connectivity index (χ0n) is 7.68. The molecule has 0 saturated heterocycles. The summed E-state index contributed by atoms with van der Waals surface area (Å²) in [7, 11) is 0. The minimum Gasteiger partial charge on any atom is -0.547 e. The van der Waals surface area contributed by atoms with E-state index in [1.54, 1.807) is 0 Å².